The molecule has 34 heavy (non-hydrogen) atoms. The molecule has 0 radical (unpaired) electrons. The second-order valence-corrected chi connectivity index (χ2v) is 9.53. The highest BCUT2D eigenvalue weighted by atomic mass is 32.2. The molecule has 1 amide bonds. The molecule has 0 spiro atoms. The molecule has 2 aromatic heterocycles. The van der Waals surface area contributed by atoms with Gasteiger partial charge in [-0.2, -0.15) is 0 Å². The summed E-state index contributed by atoms with van der Waals surface area (Å²) in [7, 11) is 0. The van der Waals surface area contributed by atoms with Gasteiger partial charge in [-0.3, -0.25) is 9.69 Å². The fraction of sp³-hybridized carbons (Fsp3) is 0.280. The molecule has 2 aromatic carbocycles. The third-order valence-corrected chi connectivity index (χ3v) is 6.87. The van der Waals surface area contributed by atoms with Gasteiger partial charge in [0.25, 0.3) is 11.1 Å². The summed E-state index contributed by atoms with van der Waals surface area (Å²) in [4.78, 5) is 18.8. The van der Waals surface area contributed by atoms with Crippen molar-refractivity contribution < 1.29 is 13.9 Å². The molecule has 9 heteroatoms. The van der Waals surface area contributed by atoms with Gasteiger partial charge >= 0.3 is 0 Å². The van der Waals surface area contributed by atoms with E-state index in [0.717, 1.165) is 40.2 Å². The first-order valence-electron chi connectivity index (χ1n) is 10.9. The van der Waals surface area contributed by atoms with Crippen molar-refractivity contribution in [1.29, 1.82) is 0 Å². The summed E-state index contributed by atoms with van der Waals surface area (Å²) in [6.07, 6.45) is 0.834. The van der Waals surface area contributed by atoms with Crippen LogP contribution in [0.5, 0.6) is 5.75 Å². The maximum Gasteiger partial charge on any atom is 0.277 e. The zero-order valence-electron chi connectivity index (χ0n) is 19.6. The number of carbonyl (C=O) groups is 1. The van der Waals surface area contributed by atoms with E-state index < -0.39 is 0 Å². The number of nitrogens with zero attached hydrogens (tertiary/aromatic N) is 4. The second-order valence-electron chi connectivity index (χ2n) is 7.77. The maximum absolute atomic E-state index is 12.5. The van der Waals surface area contributed by atoms with Crippen LogP contribution in [0.2, 0.25) is 0 Å². The fourth-order valence-electron chi connectivity index (χ4n) is 3.39. The number of aryl methyl sites for hydroxylation is 3. The van der Waals surface area contributed by atoms with E-state index in [1.54, 1.807) is 11.8 Å². The largest absolute Gasteiger partial charge is 0.484 e. The van der Waals surface area contributed by atoms with E-state index in [1.165, 1.54) is 23.1 Å². The SMILES string of the molecule is CCc1ccccc1N(C(C)=O)c1nc(CSc2nnc(COc3cc(C)ccc3C)o2)cs1. The Balaban J connectivity index is 1.39. The molecule has 0 saturated carbocycles. The van der Waals surface area contributed by atoms with E-state index in [4.69, 9.17) is 9.15 Å². The molecule has 0 unspecified atom stereocenters. The average molecular weight is 495 g/mol. The zero-order chi connectivity index (χ0) is 24.1. The van der Waals surface area contributed by atoms with Gasteiger partial charge in [0.05, 0.1) is 11.4 Å². The van der Waals surface area contributed by atoms with Crippen molar-refractivity contribution in [3.05, 3.63) is 76.1 Å². The molecule has 176 valence electrons. The highest BCUT2D eigenvalue weighted by Gasteiger charge is 2.20. The Labute approximate surface area is 207 Å². The minimum absolute atomic E-state index is 0.0696. The summed E-state index contributed by atoms with van der Waals surface area (Å²) in [6, 6.07) is 14.0. The molecular weight excluding hydrogens is 468 g/mol. The molecule has 0 aliphatic carbocycles. The highest BCUT2D eigenvalue weighted by Crippen LogP contribution is 2.33. The molecule has 0 fully saturated rings. The molecular formula is C25H26N4O3S2. The molecule has 0 N–H and O–H groups in total. The van der Waals surface area contributed by atoms with Crippen LogP contribution in [-0.4, -0.2) is 21.1 Å². The maximum atomic E-state index is 12.5. The molecule has 4 aromatic rings. The van der Waals surface area contributed by atoms with Crippen molar-refractivity contribution in [3.63, 3.8) is 0 Å². The predicted octanol–water partition coefficient (Wildman–Crippen LogP) is 6.26. The van der Waals surface area contributed by atoms with Crippen LogP contribution in [0.3, 0.4) is 0 Å². The van der Waals surface area contributed by atoms with Gasteiger partial charge in [0, 0.05) is 18.1 Å². The van der Waals surface area contributed by atoms with Crippen LogP contribution in [0.15, 0.2) is 57.5 Å². The Morgan fingerprint density at radius 1 is 1.18 bits per heavy atom. The first-order chi connectivity index (χ1) is 16.4. The molecule has 7 nitrogen and oxygen atoms in total. The molecule has 0 aliphatic rings. The molecule has 0 aliphatic heterocycles. The lowest BCUT2D eigenvalue weighted by Crippen LogP contribution is -2.23. The third-order valence-electron chi connectivity index (χ3n) is 5.15. The van der Waals surface area contributed by atoms with Gasteiger partial charge in [0.15, 0.2) is 11.7 Å². The first-order valence-corrected chi connectivity index (χ1v) is 12.8. The Hall–Kier alpha value is -3.17. The van der Waals surface area contributed by atoms with E-state index in [0.29, 0.717) is 22.0 Å². The summed E-state index contributed by atoms with van der Waals surface area (Å²) >= 11 is 2.85. The predicted molar refractivity (Wildman–Crippen MR) is 135 cm³/mol. The Morgan fingerprint density at radius 2 is 2.00 bits per heavy atom. The first kappa shape index (κ1) is 24.0. The summed E-state index contributed by atoms with van der Waals surface area (Å²) < 4.78 is 11.6. The van der Waals surface area contributed by atoms with Crippen LogP contribution >= 0.6 is 23.1 Å². The van der Waals surface area contributed by atoms with Gasteiger partial charge in [-0.15, -0.1) is 21.5 Å². The van der Waals surface area contributed by atoms with Crippen molar-refractivity contribution >= 4 is 39.8 Å². The van der Waals surface area contributed by atoms with Crippen LogP contribution in [0.4, 0.5) is 10.8 Å². The summed E-state index contributed by atoms with van der Waals surface area (Å²) in [6.45, 7) is 7.87. The number of para-hydroxylation sites is 1. The van der Waals surface area contributed by atoms with Gasteiger partial charge in [-0.05, 0) is 49.1 Å². The van der Waals surface area contributed by atoms with E-state index in [-0.39, 0.29) is 12.5 Å². The minimum atomic E-state index is -0.0696. The van der Waals surface area contributed by atoms with Crippen LogP contribution in [0.1, 0.15) is 42.1 Å². The number of hydrogen-bond donors (Lipinski definition) is 0. The van der Waals surface area contributed by atoms with Gasteiger partial charge in [-0.25, -0.2) is 4.98 Å². The van der Waals surface area contributed by atoms with Crippen molar-refractivity contribution in [2.75, 3.05) is 4.90 Å². The fourth-order valence-corrected chi connectivity index (χ4v) is 5.05. The van der Waals surface area contributed by atoms with Gasteiger partial charge in [0.1, 0.15) is 5.75 Å². The smallest absolute Gasteiger partial charge is 0.277 e. The van der Waals surface area contributed by atoms with Crippen molar-refractivity contribution in [1.82, 2.24) is 15.2 Å². The van der Waals surface area contributed by atoms with E-state index >= 15 is 0 Å². The van der Waals surface area contributed by atoms with Crippen LogP contribution < -0.4 is 9.64 Å². The standard InChI is InChI=1S/C25H26N4O3S2/c1-5-19-8-6-7-9-21(19)29(18(4)30)24-26-20(14-33-24)15-34-25-28-27-23(32-25)13-31-22-12-16(2)10-11-17(22)3/h6-12,14H,5,13,15H2,1-4H3. The number of ether oxygens (including phenoxy) is 1. The van der Waals surface area contributed by atoms with Gasteiger partial charge in [-0.1, -0.05) is 49.0 Å². The van der Waals surface area contributed by atoms with Crippen molar-refractivity contribution in [2.45, 2.75) is 51.7 Å². The number of rotatable bonds is 9. The highest BCUT2D eigenvalue weighted by molar-refractivity contribution is 7.98. The molecule has 4 rings (SSSR count). The second kappa shape index (κ2) is 10.8. The van der Waals surface area contributed by atoms with Crippen molar-refractivity contribution in [3.8, 4) is 5.75 Å². The van der Waals surface area contributed by atoms with E-state index in [1.807, 2.05) is 61.7 Å². The van der Waals surface area contributed by atoms with Crippen LogP contribution in [0.25, 0.3) is 0 Å². The Kier molecular flexibility index (Phi) is 7.64. The molecule has 0 bridgehead atoms. The number of hydrogen-bond acceptors (Lipinski definition) is 8. The van der Waals surface area contributed by atoms with Crippen molar-refractivity contribution in [2.24, 2.45) is 0 Å². The monoisotopic (exact) mass is 494 g/mol. The third kappa shape index (κ3) is 5.66. The molecule has 2 heterocycles. The van der Waals surface area contributed by atoms with E-state index in [2.05, 4.69) is 22.1 Å². The summed E-state index contributed by atoms with van der Waals surface area (Å²) in [5.74, 6) is 1.71. The number of thioether (sulfide) groups is 1. The average Bonchev–Trinajstić information content (AvgIpc) is 3.48. The Morgan fingerprint density at radius 3 is 2.79 bits per heavy atom. The molecule has 0 saturated heterocycles. The number of benzene rings is 2. The summed E-state index contributed by atoms with van der Waals surface area (Å²) in [5, 5.41) is 11.2. The lowest BCUT2D eigenvalue weighted by molar-refractivity contribution is -0.115. The number of anilines is 2. The number of amides is 1. The van der Waals surface area contributed by atoms with Crippen LogP contribution in [-0.2, 0) is 23.6 Å². The molecule has 0 atom stereocenters. The number of thiazole rings is 1. The number of carbonyl (C=O) groups excluding carboxylic acids is 1. The normalized spacial score (nSPS) is 10.9. The Bertz CT molecular complexity index is 1280. The van der Waals surface area contributed by atoms with E-state index in [9.17, 15) is 4.79 Å². The quantitative estimate of drug-likeness (QED) is 0.254. The minimum Gasteiger partial charge on any atom is -0.484 e. The van der Waals surface area contributed by atoms with Crippen LogP contribution in [0, 0.1) is 13.8 Å². The van der Waals surface area contributed by atoms with Gasteiger partial charge in [0.2, 0.25) is 5.91 Å². The lowest BCUT2D eigenvalue weighted by atomic mass is 10.1. The zero-order valence-corrected chi connectivity index (χ0v) is 21.2. The van der Waals surface area contributed by atoms with Gasteiger partial charge < -0.3 is 9.15 Å². The topological polar surface area (TPSA) is 81.4 Å². The lowest BCUT2D eigenvalue weighted by Gasteiger charge is -2.20. The number of aromatic nitrogens is 3. The summed E-state index contributed by atoms with van der Waals surface area (Å²) in [5.41, 5.74) is 5.00.